The monoisotopic (exact) mass is 262 g/mol. The minimum Gasteiger partial charge on any atom is -0.126 e. The second-order valence-corrected chi connectivity index (χ2v) is 6.74. The third-order valence-corrected chi connectivity index (χ3v) is 5.58. The Bertz CT molecular complexity index is 395. The molecule has 4 unspecified atom stereocenters. The molecule has 0 saturated heterocycles. The van der Waals surface area contributed by atoms with Gasteiger partial charge in [0.15, 0.2) is 0 Å². The highest BCUT2D eigenvalue weighted by molar-refractivity contribution is 6.18. The number of alkyl halides is 1. The Labute approximate surface area is 116 Å². The zero-order chi connectivity index (χ0) is 12.5. The van der Waals surface area contributed by atoms with Gasteiger partial charge < -0.3 is 0 Å². The van der Waals surface area contributed by atoms with E-state index in [-0.39, 0.29) is 0 Å². The molecule has 1 aromatic rings. The first-order valence-corrected chi connectivity index (χ1v) is 7.92. The Kier molecular flexibility index (Phi) is 3.66. The lowest BCUT2D eigenvalue weighted by atomic mass is 9.80. The Morgan fingerprint density at radius 2 is 1.94 bits per heavy atom. The van der Waals surface area contributed by atoms with Crippen LogP contribution < -0.4 is 0 Å². The van der Waals surface area contributed by atoms with Crippen LogP contribution in [-0.4, -0.2) is 5.88 Å². The van der Waals surface area contributed by atoms with E-state index in [4.69, 9.17) is 11.6 Å². The topological polar surface area (TPSA) is 0 Å². The van der Waals surface area contributed by atoms with Gasteiger partial charge >= 0.3 is 0 Å². The number of fused-ring (bicyclic) bond motifs is 2. The van der Waals surface area contributed by atoms with Crippen molar-refractivity contribution in [3.05, 3.63) is 35.4 Å². The molecule has 4 atom stereocenters. The molecule has 18 heavy (non-hydrogen) atoms. The van der Waals surface area contributed by atoms with Gasteiger partial charge in [0.2, 0.25) is 0 Å². The van der Waals surface area contributed by atoms with Crippen LogP contribution in [0, 0.1) is 24.7 Å². The van der Waals surface area contributed by atoms with Crippen molar-refractivity contribution in [1.29, 1.82) is 0 Å². The molecule has 2 aliphatic rings. The van der Waals surface area contributed by atoms with Gasteiger partial charge in [0.1, 0.15) is 0 Å². The number of benzene rings is 1. The maximum Gasteiger partial charge on any atom is 0.0292 e. The molecule has 0 N–H and O–H groups in total. The maximum atomic E-state index is 6.22. The summed E-state index contributed by atoms with van der Waals surface area (Å²) in [7, 11) is 0. The number of hydrogen-bond donors (Lipinski definition) is 0. The summed E-state index contributed by atoms with van der Waals surface area (Å²) in [4.78, 5) is 0. The van der Waals surface area contributed by atoms with Gasteiger partial charge in [-0.1, -0.05) is 36.2 Å². The molecular formula is C17H23Cl. The van der Waals surface area contributed by atoms with Crippen LogP contribution in [0.5, 0.6) is 0 Å². The van der Waals surface area contributed by atoms with E-state index in [0.29, 0.717) is 5.92 Å². The van der Waals surface area contributed by atoms with Crippen LogP contribution in [0.15, 0.2) is 24.3 Å². The third-order valence-electron chi connectivity index (χ3n) is 5.21. The molecule has 0 aliphatic heterocycles. The Morgan fingerprint density at radius 3 is 2.50 bits per heavy atom. The van der Waals surface area contributed by atoms with E-state index in [1.165, 1.54) is 43.2 Å². The summed E-state index contributed by atoms with van der Waals surface area (Å²) >= 11 is 6.22. The average molecular weight is 263 g/mol. The molecule has 1 aromatic carbocycles. The second-order valence-electron chi connectivity index (χ2n) is 6.43. The molecule has 0 heterocycles. The fourth-order valence-electron chi connectivity index (χ4n) is 4.16. The minimum absolute atomic E-state index is 0.566. The molecule has 0 nitrogen and oxygen atoms in total. The lowest BCUT2D eigenvalue weighted by Gasteiger charge is -2.26. The maximum absolute atomic E-state index is 6.22. The van der Waals surface area contributed by atoms with Gasteiger partial charge in [-0.25, -0.2) is 0 Å². The summed E-state index contributed by atoms with van der Waals surface area (Å²) < 4.78 is 0. The van der Waals surface area contributed by atoms with Crippen LogP contribution in [0.4, 0.5) is 0 Å². The average Bonchev–Trinajstić information content (AvgIpc) is 2.99. The third kappa shape index (κ3) is 2.45. The van der Waals surface area contributed by atoms with Gasteiger partial charge in [0, 0.05) is 5.88 Å². The highest BCUT2D eigenvalue weighted by atomic mass is 35.5. The van der Waals surface area contributed by atoms with Crippen LogP contribution in [0.3, 0.4) is 0 Å². The molecule has 2 saturated carbocycles. The van der Waals surface area contributed by atoms with Crippen molar-refractivity contribution in [1.82, 2.24) is 0 Å². The van der Waals surface area contributed by atoms with Crippen LogP contribution in [-0.2, 0) is 0 Å². The largest absolute Gasteiger partial charge is 0.126 e. The zero-order valence-corrected chi connectivity index (χ0v) is 12.0. The van der Waals surface area contributed by atoms with Crippen LogP contribution in [0.1, 0.15) is 49.1 Å². The molecule has 1 heteroatoms. The zero-order valence-electron chi connectivity index (χ0n) is 11.2. The molecule has 2 bridgehead atoms. The van der Waals surface area contributed by atoms with Gasteiger partial charge in [-0.2, -0.15) is 0 Å². The highest BCUT2D eigenvalue weighted by Crippen LogP contribution is 2.51. The molecule has 0 aromatic heterocycles. The van der Waals surface area contributed by atoms with Crippen LogP contribution in [0.25, 0.3) is 0 Å². The van der Waals surface area contributed by atoms with E-state index in [1.807, 2.05) is 0 Å². The lowest BCUT2D eigenvalue weighted by molar-refractivity contribution is 0.300. The minimum atomic E-state index is 0.566. The van der Waals surface area contributed by atoms with E-state index in [1.54, 1.807) is 0 Å². The van der Waals surface area contributed by atoms with Crippen LogP contribution in [0.2, 0.25) is 0 Å². The molecule has 2 aliphatic carbocycles. The van der Waals surface area contributed by atoms with Crippen molar-refractivity contribution in [2.75, 3.05) is 5.88 Å². The van der Waals surface area contributed by atoms with E-state index >= 15 is 0 Å². The van der Waals surface area contributed by atoms with E-state index < -0.39 is 0 Å². The number of halogens is 1. The fourth-order valence-corrected chi connectivity index (χ4v) is 4.46. The van der Waals surface area contributed by atoms with Crippen molar-refractivity contribution in [2.45, 2.75) is 44.9 Å². The van der Waals surface area contributed by atoms with Crippen molar-refractivity contribution in [2.24, 2.45) is 17.8 Å². The van der Waals surface area contributed by atoms with Gasteiger partial charge in [-0.15, -0.1) is 11.6 Å². The highest BCUT2D eigenvalue weighted by Gasteiger charge is 2.40. The first kappa shape index (κ1) is 12.5. The van der Waals surface area contributed by atoms with E-state index in [2.05, 4.69) is 31.2 Å². The summed E-state index contributed by atoms with van der Waals surface area (Å²) in [5.74, 6) is 4.36. The summed E-state index contributed by atoms with van der Waals surface area (Å²) in [6, 6.07) is 8.98. The molecule has 2 fully saturated rings. The standard InChI is InChI=1S/C17H23Cl/c1-12-2-5-14(6-3-12)17(11-18)10-16-9-13-4-7-15(16)8-13/h2-3,5-6,13,15-17H,4,7-11H2,1H3. The van der Waals surface area contributed by atoms with Gasteiger partial charge in [-0.3, -0.25) is 0 Å². The predicted octanol–water partition coefficient (Wildman–Crippen LogP) is 5.14. The van der Waals surface area contributed by atoms with E-state index in [9.17, 15) is 0 Å². The summed E-state index contributed by atoms with van der Waals surface area (Å²) in [5.41, 5.74) is 2.78. The first-order valence-electron chi connectivity index (χ1n) is 7.38. The summed E-state index contributed by atoms with van der Waals surface area (Å²) in [6.45, 7) is 2.15. The molecule has 0 radical (unpaired) electrons. The fraction of sp³-hybridized carbons (Fsp3) is 0.647. The van der Waals surface area contributed by atoms with Crippen molar-refractivity contribution >= 4 is 11.6 Å². The summed E-state index contributed by atoms with van der Waals surface area (Å²) in [6.07, 6.45) is 7.28. The van der Waals surface area contributed by atoms with Gasteiger partial charge in [0.05, 0.1) is 0 Å². The normalized spacial score (nSPS) is 31.8. The van der Waals surface area contributed by atoms with Crippen molar-refractivity contribution in [3.63, 3.8) is 0 Å². The lowest BCUT2D eigenvalue weighted by Crippen LogP contribution is -2.15. The summed E-state index contributed by atoms with van der Waals surface area (Å²) in [5, 5.41) is 0. The van der Waals surface area contributed by atoms with Crippen molar-refractivity contribution < 1.29 is 0 Å². The number of rotatable bonds is 4. The quantitative estimate of drug-likeness (QED) is 0.659. The Balaban J connectivity index is 1.67. The molecule has 98 valence electrons. The smallest absolute Gasteiger partial charge is 0.0292 e. The van der Waals surface area contributed by atoms with Crippen LogP contribution >= 0.6 is 11.6 Å². The molecule has 3 rings (SSSR count). The van der Waals surface area contributed by atoms with Gasteiger partial charge in [-0.05, 0) is 61.8 Å². The number of hydrogen-bond acceptors (Lipinski definition) is 0. The number of aryl methyl sites for hydroxylation is 1. The van der Waals surface area contributed by atoms with Gasteiger partial charge in [0.25, 0.3) is 0 Å². The molecular weight excluding hydrogens is 240 g/mol. The molecule has 0 amide bonds. The predicted molar refractivity (Wildman–Crippen MR) is 78.2 cm³/mol. The van der Waals surface area contributed by atoms with E-state index in [0.717, 1.165) is 23.6 Å². The Hall–Kier alpha value is -0.490. The second kappa shape index (κ2) is 5.25. The van der Waals surface area contributed by atoms with Crippen molar-refractivity contribution in [3.8, 4) is 0 Å². The SMILES string of the molecule is Cc1ccc(C(CCl)CC2CC3CCC2C3)cc1. The first-order chi connectivity index (χ1) is 8.76. The Morgan fingerprint density at radius 1 is 1.17 bits per heavy atom. The molecule has 0 spiro atoms.